The molecule has 0 atom stereocenters. The molecule has 0 saturated carbocycles. The third-order valence-electron chi connectivity index (χ3n) is 4.00. The lowest BCUT2D eigenvalue weighted by Gasteiger charge is -2.24. The molecule has 3 rings (SSSR count). The van der Waals surface area contributed by atoms with Gasteiger partial charge in [0.15, 0.2) is 0 Å². The zero-order valence-corrected chi connectivity index (χ0v) is 14.6. The van der Waals surface area contributed by atoms with Gasteiger partial charge < -0.3 is 19.8 Å². The molecule has 0 aliphatic heterocycles. The fourth-order valence-electron chi connectivity index (χ4n) is 2.79. The van der Waals surface area contributed by atoms with Crippen LogP contribution in [0.3, 0.4) is 0 Å². The van der Waals surface area contributed by atoms with Gasteiger partial charge in [-0.05, 0) is 26.0 Å². The summed E-state index contributed by atoms with van der Waals surface area (Å²) in [5.41, 5.74) is 0.841. The highest BCUT2D eigenvalue weighted by atomic mass is 16.5. The first-order chi connectivity index (χ1) is 11.8. The predicted molar refractivity (Wildman–Crippen MR) is 96.8 cm³/mol. The second-order valence-electron chi connectivity index (χ2n) is 6.41. The SMILES string of the molecule is COc1cc2c(cc1NC(=O)C(C)(C)NC(C)=O)oc1ccccc12. The number of furan rings is 1. The molecule has 0 aliphatic carbocycles. The van der Waals surface area contributed by atoms with E-state index in [1.807, 2.05) is 30.3 Å². The van der Waals surface area contributed by atoms with Gasteiger partial charge in [0.2, 0.25) is 11.8 Å². The van der Waals surface area contributed by atoms with Crippen molar-refractivity contribution in [2.75, 3.05) is 12.4 Å². The van der Waals surface area contributed by atoms with Crippen LogP contribution >= 0.6 is 0 Å². The molecule has 3 aromatic rings. The van der Waals surface area contributed by atoms with Crippen LogP contribution in [0.4, 0.5) is 5.69 Å². The molecule has 0 spiro atoms. The Balaban J connectivity index is 2.02. The minimum atomic E-state index is -1.06. The second-order valence-corrected chi connectivity index (χ2v) is 6.41. The van der Waals surface area contributed by atoms with E-state index < -0.39 is 5.54 Å². The standard InChI is InChI=1S/C19H20N2O4/c1-11(22)21-19(2,3)18(23)20-14-10-16-13(9-17(14)24-4)12-7-5-6-8-15(12)25-16/h5-10H,1-4H3,(H,20,23)(H,21,22). The molecule has 2 N–H and O–H groups in total. The van der Waals surface area contributed by atoms with Crippen LogP contribution in [0, 0.1) is 0 Å². The van der Waals surface area contributed by atoms with E-state index in [9.17, 15) is 9.59 Å². The monoisotopic (exact) mass is 340 g/mol. The lowest BCUT2D eigenvalue weighted by atomic mass is 10.0. The summed E-state index contributed by atoms with van der Waals surface area (Å²) in [5.74, 6) is -0.109. The molecule has 0 fully saturated rings. The lowest BCUT2D eigenvalue weighted by Crippen LogP contribution is -2.51. The Kier molecular flexibility index (Phi) is 4.12. The molecule has 0 bridgehead atoms. The van der Waals surface area contributed by atoms with E-state index >= 15 is 0 Å². The number of fused-ring (bicyclic) bond motifs is 3. The van der Waals surface area contributed by atoms with E-state index in [0.29, 0.717) is 17.0 Å². The maximum Gasteiger partial charge on any atom is 0.249 e. The van der Waals surface area contributed by atoms with Gasteiger partial charge in [-0.2, -0.15) is 0 Å². The Labute approximate surface area is 145 Å². The molecule has 0 radical (unpaired) electrons. The second kappa shape index (κ2) is 6.12. The minimum Gasteiger partial charge on any atom is -0.495 e. The van der Waals surface area contributed by atoms with Crippen LogP contribution in [0.25, 0.3) is 21.9 Å². The van der Waals surface area contributed by atoms with Gasteiger partial charge in [-0.15, -0.1) is 0 Å². The summed E-state index contributed by atoms with van der Waals surface area (Å²) in [6.07, 6.45) is 0. The lowest BCUT2D eigenvalue weighted by molar-refractivity contribution is -0.128. The van der Waals surface area contributed by atoms with Crippen molar-refractivity contribution in [3.05, 3.63) is 36.4 Å². The zero-order valence-electron chi connectivity index (χ0n) is 14.6. The van der Waals surface area contributed by atoms with E-state index in [1.54, 1.807) is 19.9 Å². The number of nitrogens with one attached hydrogen (secondary N) is 2. The topological polar surface area (TPSA) is 80.6 Å². The van der Waals surface area contributed by atoms with Crippen molar-refractivity contribution in [3.8, 4) is 5.75 Å². The molecule has 0 unspecified atom stereocenters. The van der Waals surface area contributed by atoms with Crippen LogP contribution in [0.2, 0.25) is 0 Å². The summed E-state index contributed by atoms with van der Waals surface area (Å²) in [4.78, 5) is 23.8. The van der Waals surface area contributed by atoms with Gasteiger partial charge in [-0.1, -0.05) is 18.2 Å². The molecule has 0 saturated heterocycles. The summed E-state index contributed by atoms with van der Waals surface area (Å²) in [7, 11) is 1.54. The number of amides is 2. The number of anilines is 1. The molecule has 1 aromatic heterocycles. The van der Waals surface area contributed by atoms with Crippen LogP contribution in [-0.2, 0) is 9.59 Å². The maximum absolute atomic E-state index is 12.5. The summed E-state index contributed by atoms with van der Waals surface area (Å²) in [6, 6.07) is 11.3. The largest absolute Gasteiger partial charge is 0.495 e. The molecule has 0 aliphatic rings. The van der Waals surface area contributed by atoms with Crippen molar-refractivity contribution in [2.45, 2.75) is 26.3 Å². The van der Waals surface area contributed by atoms with E-state index in [1.165, 1.54) is 14.0 Å². The molecular formula is C19H20N2O4. The highest BCUT2D eigenvalue weighted by Gasteiger charge is 2.29. The molecular weight excluding hydrogens is 320 g/mol. The van der Waals surface area contributed by atoms with Crippen molar-refractivity contribution >= 4 is 39.4 Å². The molecule has 6 nitrogen and oxygen atoms in total. The fourth-order valence-corrected chi connectivity index (χ4v) is 2.79. The molecule has 1 heterocycles. The third kappa shape index (κ3) is 3.15. The summed E-state index contributed by atoms with van der Waals surface area (Å²) < 4.78 is 11.3. The average molecular weight is 340 g/mol. The number of methoxy groups -OCH3 is 1. The number of carbonyl (C=O) groups is 2. The van der Waals surface area contributed by atoms with E-state index in [-0.39, 0.29) is 11.8 Å². The highest BCUT2D eigenvalue weighted by Crippen LogP contribution is 2.36. The third-order valence-corrected chi connectivity index (χ3v) is 4.00. The number of para-hydroxylation sites is 1. The maximum atomic E-state index is 12.5. The van der Waals surface area contributed by atoms with E-state index in [4.69, 9.17) is 9.15 Å². The predicted octanol–water partition coefficient (Wildman–Crippen LogP) is 3.45. The molecule has 2 amide bonds. The van der Waals surface area contributed by atoms with Gasteiger partial charge in [0.05, 0.1) is 12.8 Å². The number of carbonyl (C=O) groups excluding carboxylic acids is 2. The van der Waals surface area contributed by atoms with Crippen LogP contribution in [0.15, 0.2) is 40.8 Å². The Morgan fingerprint density at radius 3 is 2.48 bits per heavy atom. The fraction of sp³-hybridized carbons (Fsp3) is 0.263. The molecule has 130 valence electrons. The van der Waals surface area contributed by atoms with Crippen molar-refractivity contribution < 1.29 is 18.7 Å². The number of benzene rings is 2. The summed E-state index contributed by atoms with van der Waals surface area (Å²) in [6.45, 7) is 4.64. The van der Waals surface area contributed by atoms with Crippen LogP contribution in [-0.4, -0.2) is 24.5 Å². The normalized spacial score (nSPS) is 11.5. The summed E-state index contributed by atoms with van der Waals surface area (Å²) >= 11 is 0. The Morgan fingerprint density at radius 2 is 1.80 bits per heavy atom. The van der Waals surface area contributed by atoms with Gasteiger partial charge in [0, 0.05) is 23.8 Å². The first kappa shape index (κ1) is 16.8. The molecule has 2 aromatic carbocycles. The highest BCUT2D eigenvalue weighted by molar-refractivity contribution is 6.08. The van der Waals surface area contributed by atoms with Gasteiger partial charge in [0.25, 0.3) is 0 Å². The Hall–Kier alpha value is -3.02. The van der Waals surface area contributed by atoms with Gasteiger partial charge in [0.1, 0.15) is 22.5 Å². The quantitative estimate of drug-likeness (QED) is 0.762. The Bertz CT molecular complexity index is 972. The van der Waals surface area contributed by atoms with Crippen LogP contribution in [0.1, 0.15) is 20.8 Å². The van der Waals surface area contributed by atoms with Gasteiger partial charge in [-0.25, -0.2) is 0 Å². The van der Waals surface area contributed by atoms with E-state index in [2.05, 4.69) is 10.6 Å². The van der Waals surface area contributed by atoms with Crippen molar-refractivity contribution in [3.63, 3.8) is 0 Å². The number of ether oxygens (including phenoxy) is 1. The van der Waals surface area contributed by atoms with Crippen LogP contribution < -0.4 is 15.4 Å². The van der Waals surface area contributed by atoms with Crippen molar-refractivity contribution in [2.24, 2.45) is 0 Å². The Morgan fingerprint density at radius 1 is 1.08 bits per heavy atom. The first-order valence-electron chi connectivity index (χ1n) is 7.91. The number of rotatable bonds is 4. The van der Waals surface area contributed by atoms with E-state index in [0.717, 1.165) is 16.4 Å². The smallest absolute Gasteiger partial charge is 0.249 e. The van der Waals surface area contributed by atoms with Gasteiger partial charge >= 0.3 is 0 Å². The number of hydrogen-bond donors (Lipinski definition) is 2. The van der Waals surface area contributed by atoms with Gasteiger partial charge in [-0.3, -0.25) is 9.59 Å². The molecule has 6 heteroatoms. The summed E-state index contributed by atoms with van der Waals surface area (Å²) in [5, 5.41) is 7.31. The zero-order chi connectivity index (χ0) is 18.2. The molecule has 25 heavy (non-hydrogen) atoms. The van der Waals surface area contributed by atoms with Crippen molar-refractivity contribution in [1.82, 2.24) is 5.32 Å². The first-order valence-corrected chi connectivity index (χ1v) is 7.91. The minimum absolute atomic E-state index is 0.278. The van der Waals surface area contributed by atoms with Crippen LogP contribution in [0.5, 0.6) is 5.75 Å². The number of hydrogen-bond acceptors (Lipinski definition) is 4. The average Bonchev–Trinajstić information content (AvgIpc) is 2.90. The van der Waals surface area contributed by atoms with Crippen molar-refractivity contribution in [1.29, 1.82) is 0 Å².